The Balaban J connectivity index is 1.50. The first kappa shape index (κ1) is 19.3. The maximum atomic E-state index is 12.5. The van der Waals surface area contributed by atoms with Crippen LogP contribution in [0, 0.1) is 11.3 Å². The number of nitrogens with zero attached hydrogens (tertiary/aromatic N) is 1. The monoisotopic (exact) mass is 385 g/mol. The first-order valence-corrected chi connectivity index (χ1v) is 9.00. The molecule has 2 aromatic rings. The SMILES string of the molecule is C[C@H](NC(=O)[C@H](Cc1ccc(C#N)cc1)NCl)C1OC(c2ccccc2)O1. The molecule has 1 heterocycles. The number of hydrogen-bond donors (Lipinski definition) is 2. The maximum Gasteiger partial charge on any atom is 0.239 e. The molecular formula is C20H20ClN3O3. The lowest BCUT2D eigenvalue weighted by molar-refractivity contribution is -0.396. The Bertz CT molecular complexity index is 801. The fraction of sp³-hybridized carbons (Fsp3) is 0.300. The van der Waals surface area contributed by atoms with Gasteiger partial charge in [0.15, 0.2) is 12.6 Å². The van der Waals surface area contributed by atoms with Crippen molar-refractivity contribution < 1.29 is 14.3 Å². The average Bonchev–Trinajstić information content (AvgIpc) is 2.66. The van der Waals surface area contributed by atoms with Gasteiger partial charge in [-0.15, -0.1) is 0 Å². The first-order chi connectivity index (χ1) is 13.1. The van der Waals surface area contributed by atoms with Crippen molar-refractivity contribution in [1.82, 2.24) is 10.2 Å². The fourth-order valence-corrected chi connectivity index (χ4v) is 2.96. The Kier molecular flexibility index (Phi) is 6.43. The normalized spacial score (nSPS) is 20.8. The number of hydrogen-bond acceptors (Lipinski definition) is 5. The highest BCUT2D eigenvalue weighted by atomic mass is 35.5. The molecule has 0 spiro atoms. The molecule has 0 aromatic heterocycles. The van der Waals surface area contributed by atoms with E-state index in [1.807, 2.05) is 37.3 Å². The second-order valence-corrected chi connectivity index (χ2v) is 6.57. The highest BCUT2D eigenvalue weighted by molar-refractivity contribution is 6.15. The topological polar surface area (TPSA) is 83.4 Å². The van der Waals surface area contributed by atoms with Gasteiger partial charge in [0, 0.05) is 5.56 Å². The van der Waals surface area contributed by atoms with Crippen LogP contribution in [0.25, 0.3) is 0 Å². The van der Waals surface area contributed by atoms with Gasteiger partial charge in [-0.3, -0.25) is 4.79 Å². The van der Waals surface area contributed by atoms with Gasteiger partial charge in [0.05, 0.1) is 17.7 Å². The molecule has 0 bridgehead atoms. The summed E-state index contributed by atoms with van der Waals surface area (Å²) in [6.07, 6.45) is -0.520. The quantitative estimate of drug-likeness (QED) is 0.716. The molecule has 0 aliphatic carbocycles. The van der Waals surface area contributed by atoms with Crippen LogP contribution in [0.4, 0.5) is 0 Å². The van der Waals surface area contributed by atoms with Crippen molar-refractivity contribution in [3.63, 3.8) is 0 Å². The van der Waals surface area contributed by atoms with E-state index in [1.54, 1.807) is 24.3 Å². The Labute approximate surface area is 163 Å². The largest absolute Gasteiger partial charge is 0.347 e. The molecule has 1 fully saturated rings. The molecule has 3 rings (SSSR count). The zero-order chi connectivity index (χ0) is 19.2. The van der Waals surface area contributed by atoms with Crippen LogP contribution in [0.2, 0.25) is 0 Å². The molecule has 1 aliphatic heterocycles. The molecule has 1 saturated heterocycles. The molecule has 1 aliphatic rings. The van der Waals surface area contributed by atoms with Gasteiger partial charge >= 0.3 is 0 Å². The molecule has 1 amide bonds. The predicted octanol–water partition coefficient (Wildman–Crippen LogP) is 2.79. The van der Waals surface area contributed by atoms with Gasteiger partial charge in [-0.1, -0.05) is 42.5 Å². The number of rotatable bonds is 7. The van der Waals surface area contributed by atoms with E-state index in [4.69, 9.17) is 26.5 Å². The molecule has 2 aromatic carbocycles. The molecule has 7 heteroatoms. The summed E-state index contributed by atoms with van der Waals surface area (Å²) >= 11 is 5.76. The van der Waals surface area contributed by atoms with Gasteiger partial charge in [0.2, 0.25) is 5.91 Å². The van der Waals surface area contributed by atoms with Gasteiger partial charge in [-0.05, 0) is 42.8 Å². The summed E-state index contributed by atoms with van der Waals surface area (Å²) < 4.78 is 11.4. The first-order valence-electron chi connectivity index (χ1n) is 8.62. The van der Waals surface area contributed by atoms with E-state index in [2.05, 4.69) is 16.2 Å². The average molecular weight is 386 g/mol. The van der Waals surface area contributed by atoms with E-state index in [0.29, 0.717) is 12.0 Å². The minimum absolute atomic E-state index is 0.253. The number of nitrogens with one attached hydrogen (secondary N) is 2. The Morgan fingerprint density at radius 1 is 1.19 bits per heavy atom. The summed E-state index contributed by atoms with van der Waals surface area (Å²) in [7, 11) is 0. The molecule has 140 valence electrons. The molecule has 0 unspecified atom stereocenters. The minimum Gasteiger partial charge on any atom is -0.347 e. The third kappa shape index (κ3) is 4.85. The molecule has 27 heavy (non-hydrogen) atoms. The number of ether oxygens (including phenoxy) is 2. The maximum absolute atomic E-state index is 12.5. The second-order valence-electron chi connectivity index (χ2n) is 6.35. The van der Waals surface area contributed by atoms with Crippen LogP contribution < -0.4 is 10.2 Å². The fourth-order valence-electron chi connectivity index (χ4n) is 2.78. The van der Waals surface area contributed by atoms with Crippen LogP contribution in [0.1, 0.15) is 29.9 Å². The van der Waals surface area contributed by atoms with Crippen LogP contribution in [0.15, 0.2) is 54.6 Å². The number of carbonyl (C=O) groups excluding carboxylic acids is 1. The van der Waals surface area contributed by atoms with E-state index in [1.165, 1.54) is 0 Å². The van der Waals surface area contributed by atoms with Crippen molar-refractivity contribution in [2.45, 2.75) is 38.0 Å². The predicted molar refractivity (Wildman–Crippen MR) is 100 cm³/mol. The van der Waals surface area contributed by atoms with E-state index < -0.39 is 18.6 Å². The third-order valence-electron chi connectivity index (χ3n) is 4.34. The molecule has 0 saturated carbocycles. The van der Waals surface area contributed by atoms with Crippen LogP contribution in [-0.2, 0) is 20.7 Å². The zero-order valence-corrected chi connectivity index (χ0v) is 15.5. The van der Waals surface area contributed by atoms with Crippen molar-refractivity contribution in [3.8, 4) is 6.07 Å². The number of carbonyl (C=O) groups is 1. The van der Waals surface area contributed by atoms with Crippen LogP contribution in [-0.4, -0.2) is 24.3 Å². The molecule has 2 N–H and O–H groups in total. The summed E-state index contributed by atoms with van der Waals surface area (Å²) in [5, 5.41) is 11.7. The third-order valence-corrected chi connectivity index (χ3v) is 4.60. The Morgan fingerprint density at radius 2 is 1.85 bits per heavy atom. The van der Waals surface area contributed by atoms with Crippen LogP contribution >= 0.6 is 11.8 Å². The van der Waals surface area contributed by atoms with E-state index in [0.717, 1.165) is 11.1 Å². The number of halogens is 1. The lowest BCUT2D eigenvalue weighted by Gasteiger charge is -2.40. The highest BCUT2D eigenvalue weighted by Gasteiger charge is 2.37. The van der Waals surface area contributed by atoms with Gasteiger partial charge in [-0.2, -0.15) is 5.26 Å². The molecular weight excluding hydrogens is 366 g/mol. The van der Waals surface area contributed by atoms with E-state index >= 15 is 0 Å². The number of benzene rings is 2. The van der Waals surface area contributed by atoms with Crippen molar-refractivity contribution in [2.75, 3.05) is 0 Å². The lowest BCUT2D eigenvalue weighted by Crippen LogP contribution is -2.54. The number of amides is 1. The Morgan fingerprint density at radius 3 is 2.44 bits per heavy atom. The second kappa shape index (κ2) is 8.98. The molecule has 6 nitrogen and oxygen atoms in total. The van der Waals surface area contributed by atoms with Gasteiger partial charge in [0.25, 0.3) is 0 Å². The van der Waals surface area contributed by atoms with Crippen LogP contribution in [0.3, 0.4) is 0 Å². The van der Waals surface area contributed by atoms with E-state index in [9.17, 15) is 4.79 Å². The molecule has 2 atom stereocenters. The van der Waals surface area contributed by atoms with Gasteiger partial charge < -0.3 is 14.8 Å². The molecule has 0 radical (unpaired) electrons. The van der Waals surface area contributed by atoms with Crippen molar-refractivity contribution in [1.29, 1.82) is 5.26 Å². The standard InChI is InChI=1S/C20H20ClN3O3/c1-13(19-26-20(27-19)16-5-3-2-4-6-16)23-18(25)17(24-21)11-14-7-9-15(12-22)10-8-14/h2-10,13,17,19-20,24H,11H2,1H3,(H,23,25)/t13-,17-,19?,20?/m0/s1. The van der Waals surface area contributed by atoms with Gasteiger partial charge in [0.1, 0.15) is 6.04 Å². The summed E-state index contributed by atoms with van der Waals surface area (Å²) in [6, 6.07) is 17.8. The van der Waals surface area contributed by atoms with Crippen molar-refractivity contribution >= 4 is 17.7 Å². The minimum atomic E-state index is -0.618. The summed E-state index contributed by atoms with van der Waals surface area (Å²) in [6.45, 7) is 1.82. The number of nitriles is 1. The lowest BCUT2D eigenvalue weighted by atomic mass is 10.0. The Hall–Kier alpha value is -2.43. The smallest absolute Gasteiger partial charge is 0.239 e. The summed E-state index contributed by atoms with van der Waals surface area (Å²) in [5.41, 5.74) is 2.41. The zero-order valence-electron chi connectivity index (χ0n) is 14.8. The summed E-state index contributed by atoms with van der Waals surface area (Å²) in [4.78, 5) is 15.0. The van der Waals surface area contributed by atoms with E-state index in [-0.39, 0.29) is 11.9 Å². The van der Waals surface area contributed by atoms with Crippen molar-refractivity contribution in [3.05, 3.63) is 71.3 Å². The highest BCUT2D eigenvalue weighted by Crippen LogP contribution is 2.33. The summed E-state index contributed by atoms with van der Waals surface area (Å²) in [5.74, 6) is -0.253. The van der Waals surface area contributed by atoms with Gasteiger partial charge in [-0.25, -0.2) is 4.84 Å². The van der Waals surface area contributed by atoms with Crippen molar-refractivity contribution in [2.24, 2.45) is 0 Å². The van der Waals surface area contributed by atoms with Crippen LogP contribution in [0.5, 0.6) is 0 Å².